The number of methoxy groups -OCH3 is 1. The molecular formula is C21H32N6O2. The van der Waals surface area contributed by atoms with Crippen LogP contribution in [0.15, 0.2) is 12.1 Å². The van der Waals surface area contributed by atoms with Crippen LogP contribution in [0.25, 0.3) is 10.9 Å². The maximum Gasteiger partial charge on any atom is 0.227 e. The van der Waals surface area contributed by atoms with E-state index in [-0.39, 0.29) is 6.10 Å². The van der Waals surface area contributed by atoms with Gasteiger partial charge in [-0.15, -0.1) is 0 Å². The van der Waals surface area contributed by atoms with Gasteiger partial charge < -0.3 is 29.1 Å². The van der Waals surface area contributed by atoms with E-state index in [1.54, 1.807) is 7.11 Å². The molecule has 29 heavy (non-hydrogen) atoms. The van der Waals surface area contributed by atoms with Gasteiger partial charge in [-0.25, -0.2) is 4.98 Å². The molecule has 0 spiro atoms. The summed E-state index contributed by atoms with van der Waals surface area (Å²) in [4.78, 5) is 18.6. The molecule has 1 aromatic heterocycles. The lowest BCUT2D eigenvalue weighted by Gasteiger charge is -2.34. The zero-order chi connectivity index (χ0) is 20.5. The number of fused-ring (bicyclic) bond motifs is 1. The number of ether oxygens (including phenoxy) is 2. The van der Waals surface area contributed by atoms with Crippen molar-refractivity contribution in [2.24, 2.45) is 0 Å². The number of hydrogen-bond acceptors (Lipinski definition) is 8. The predicted molar refractivity (Wildman–Crippen MR) is 117 cm³/mol. The van der Waals surface area contributed by atoms with E-state index < -0.39 is 0 Å². The smallest absolute Gasteiger partial charge is 0.227 e. The Balaban J connectivity index is 1.76. The number of likely N-dealkylation sites (N-methyl/N-ethyl adjacent to an activating group) is 2. The summed E-state index contributed by atoms with van der Waals surface area (Å²) in [6, 6.07) is 4.05. The maximum absolute atomic E-state index is 6.31. The van der Waals surface area contributed by atoms with E-state index in [4.69, 9.17) is 19.4 Å². The van der Waals surface area contributed by atoms with Crippen LogP contribution >= 0.6 is 0 Å². The van der Waals surface area contributed by atoms with E-state index in [1.165, 1.54) is 0 Å². The molecule has 2 aliphatic heterocycles. The molecule has 2 fully saturated rings. The minimum atomic E-state index is 0.179. The van der Waals surface area contributed by atoms with E-state index in [0.717, 1.165) is 73.9 Å². The number of piperazine rings is 1. The predicted octanol–water partition coefficient (Wildman–Crippen LogP) is 1.54. The number of benzene rings is 1. The van der Waals surface area contributed by atoms with Crippen LogP contribution in [0.5, 0.6) is 11.5 Å². The van der Waals surface area contributed by atoms with Crippen molar-refractivity contribution in [3.05, 3.63) is 12.1 Å². The van der Waals surface area contributed by atoms with Gasteiger partial charge in [0.1, 0.15) is 11.9 Å². The Kier molecular flexibility index (Phi) is 5.65. The van der Waals surface area contributed by atoms with Crippen LogP contribution in [0.1, 0.15) is 6.42 Å². The zero-order valence-electron chi connectivity index (χ0n) is 18.2. The summed E-state index contributed by atoms with van der Waals surface area (Å²) in [6.07, 6.45) is 1.20. The van der Waals surface area contributed by atoms with E-state index in [1.807, 2.05) is 31.1 Å². The Morgan fingerprint density at radius 3 is 2.34 bits per heavy atom. The van der Waals surface area contributed by atoms with E-state index >= 15 is 0 Å². The molecule has 2 saturated heterocycles. The van der Waals surface area contributed by atoms with Crippen LogP contribution in [0.4, 0.5) is 11.8 Å². The first-order valence-corrected chi connectivity index (χ1v) is 10.3. The molecule has 0 saturated carbocycles. The fourth-order valence-corrected chi connectivity index (χ4v) is 3.99. The number of nitrogens with zero attached hydrogens (tertiary/aromatic N) is 6. The van der Waals surface area contributed by atoms with Crippen molar-refractivity contribution in [1.29, 1.82) is 0 Å². The summed E-state index contributed by atoms with van der Waals surface area (Å²) in [5.74, 6) is 3.18. The third-order valence-electron chi connectivity index (χ3n) is 5.79. The van der Waals surface area contributed by atoms with Crippen LogP contribution in [0.3, 0.4) is 0 Å². The van der Waals surface area contributed by atoms with Crippen LogP contribution in [0.2, 0.25) is 0 Å². The number of rotatable bonds is 5. The molecule has 0 bridgehead atoms. The van der Waals surface area contributed by atoms with Gasteiger partial charge in [-0.1, -0.05) is 0 Å². The second-order valence-electron chi connectivity index (χ2n) is 8.34. The SMILES string of the molecule is COc1cc2c(N3CCN(C)CC3)nc(N(C)C)nc2cc1OC1CCN(C)C1. The van der Waals surface area contributed by atoms with Gasteiger partial charge in [0.05, 0.1) is 12.6 Å². The number of hydrogen-bond donors (Lipinski definition) is 0. The topological polar surface area (TPSA) is 57.2 Å². The number of anilines is 2. The molecule has 3 heterocycles. The van der Waals surface area contributed by atoms with Crippen LogP contribution < -0.4 is 19.3 Å². The Morgan fingerprint density at radius 2 is 1.72 bits per heavy atom. The van der Waals surface area contributed by atoms with Crippen LogP contribution in [-0.4, -0.2) is 100 Å². The standard InChI is InChI=1S/C21H32N6O2/c1-24(2)21-22-17-13-19(29-15-6-7-26(4)14-15)18(28-5)12-16(17)20(23-21)27-10-8-25(3)9-11-27/h12-13,15H,6-11,14H2,1-5H3. The summed E-state index contributed by atoms with van der Waals surface area (Å²) in [7, 11) is 9.93. The third-order valence-corrected chi connectivity index (χ3v) is 5.79. The first-order chi connectivity index (χ1) is 13.9. The molecule has 1 aromatic carbocycles. The summed E-state index contributed by atoms with van der Waals surface area (Å²) in [5, 5.41) is 1.01. The molecular weight excluding hydrogens is 368 g/mol. The lowest BCUT2D eigenvalue weighted by atomic mass is 10.1. The van der Waals surface area contributed by atoms with Gasteiger partial charge in [-0.05, 0) is 26.6 Å². The molecule has 0 amide bonds. The number of aromatic nitrogens is 2. The summed E-state index contributed by atoms with van der Waals surface area (Å²) in [5.41, 5.74) is 0.889. The van der Waals surface area contributed by atoms with Crippen molar-refractivity contribution in [3.8, 4) is 11.5 Å². The van der Waals surface area contributed by atoms with Crippen LogP contribution in [0, 0.1) is 0 Å². The summed E-state index contributed by atoms with van der Waals surface area (Å²) >= 11 is 0. The van der Waals surface area contributed by atoms with E-state index in [9.17, 15) is 0 Å². The molecule has 0 N–H and O–H groups in total. The van der Waals surface area contributed by atoms with Crippen molar-refractivity contribution >= 4 is 22.7 Å². The molecule has 2 aliphatic rings. The van der Waals surface area contributed by atoms with Gasteiger partial charge in [0.2, 0.25) is 5.95 Å². The third kappa shape index (κ3) is 4.18. The average molecular weight is 401 g/mol. The van der Waals surface area contributed by atoms with E-state index in [0.29, 0.717) is 5.95 Å². The number of likely N-dealkylation sites (tertiary alicyclic amines) is 1. The Morgan fingerprint density at radius 1 is 0.966 bits per heavy atom. The largest absolute Gasteiger partial charge is 0.493 e. The Bertz CT molecular complexity index is 866. The highest BCUT2D eigenvalue weighted by molar-refractivity contribution is 5.93. The van der Waals surface area contributed by atoms with Gasteiger partial charge in [0.15, 0.2) is 11.5 Å². The van der Waals surface area contributed by atoms with Gasteiger partial charge in [0, 0.05) is 64.8 Å². The molecule has 0 radical (unpaired) electrons. The molecule has 2 aromatic rings. The lowest BCUT2D eigenvalue weighted by molar-refractivity contribution is 0.200. The molecule has 158 valence electrons. The average Bonchev–Trinajstić information content (AvgIpc) is 3.11. The highest BCUT2D eigenvalue weighted by Crippen LogP contribution is 2.37. The zero-order valence-corrected chi connectivity index (χ0v) is 18.2. The first kappa shape index (κ1) is 20.0. The highest BCUT2D eigenvalue weighted by atomic mass is 16.5. The maximum atomic E-state index is 6.31. The normalized spacial score (nSPS) is 21.0. The second kappa shape index (κ2) is 8.20. The second-order valence-corrected chi connectivity index (χ2v) is 8.34. The molecule has 8 nitrogen and oxygen atoms in total. The molecule has 0 aliphatic carbocycles. The fraction of sp³-hybridized carbons (Fsp3) is 0.619. The molecule has 1 unspecified atom stereocenters. The Hall–Kier alpha value is -2.32. The summed E-state index contributed by atoms with van der Waals surface area (Å²) < 4.78 is 12.0. The monoisotopic (exact) mass is 400 g/mol. The minimum Gasteiger partial charge on any atom is -0.493 e. The quantitative estimate of drug-likeness (QED) is 0.749. The van der Waals surface area contributed by atoms with E-state index in [2.05, 4.69) is 28.8 Å². The highest BCUT2D eigenvalue weighted by Gasteiger charge is 2.25. The van der Waals surface area contributed by atoms with Gasteiger partial charge in [-0.3, -0.25) is 0 Å². The van der Waals surface area contributed by atoms with Gasteiger partial charge >= 0.3 is 0 Å². The lowest BCUT2D eigenvalue weighted by Crippen LogP contribution is -2.45. The van der Waals surface area contributed by atoms with Crippen molar-refractivity contribution in [3.63, 3.8) is 0 Å². The van der Waals surface area contributed by atoms with Crippen molar-refractivity contribution in [1.82, 2.24) is 19.8 Å². The molecule has 4 rings (SSSR count). The minimum absolute atomic E-state index is 0.179. The van der Waals surface area contributed by atoms with Crippen molar-refractivity contribution < 1.29 is 9.47 Å². The van der Waals surface area contributed by atoms with Crippen molar-refractivity contribution in [2.75, 3.05) is 84.4 Å². The Labute approximate surface area is 173 Å². The van der Waals surface area contributed by atoms with Crippen LogP contribution in [-0.2, 0) is 0 Å². The first-order valence-electron chi connectivity index (χ1n) is 10.3. The summed E-state index contributed by atoms with van der Waals surface area (Å²) in [6.45, 7) is 5.93. The van der Waals surface area contributed by atoms with Crippen molar-refractivity contribution in [2.45, 2.75) is 12.5 Å². The fourth-order valence-electron chi connectivity index (χ4n) is 3.99. The molecule has 1 atom stereocenters. The van der Waals surface area contributed by atoms with Gasteiger partial charge in [-0.2, -0.15) is 4.98 Å². The molecule has 8 heteroatoms. The van der Waals surface area contributed by atoms with Gasteiger partial charge in [0.25, 0.3) is 0 Å².